The predicted molar refractivity (Wildman–Crippen MR) is 80.2 cm³/mol. The lowest BCUT2D eigenvalue weighted by molar-refractivity contribution is 0.112. The maximum Gasteiger partial charge on any atom is 0.251 e. The fourth-order valence-corrected chi connectivity index (χ4v) is 2.97. The van der Waals surface area contributed by atoms with Gasteiger partial charge in [-0.25, -0.2) is 0 Å². The Balaban J connectivity index is 2.07. The van der Waals surface area contributed by atoms with E-state index in [0.717, 1.165) is 36.8 Å². The molecule has 1 heterocycles. The Morgan fingerprint density at radius 1 is 1.24 bits per heavy atom. The molecule has 21 heavy (non-hydrogen) atoms. The van der Waals surface area contributed by atoms with E-state index in [9.17, 15) is 9.59 Å². The average Bonchev–Trinajstić information content (AvgIpc) is 2.98. The van der Waals surface area contributed by atoms with Crippen LogP contribution in [-0.4, -0.2) is 18.0 Å². The summed E-state index contributed by atoms with van der Waals surface area (Å²) < 4.78 is 7.15. The van der Waals surface area contributed by atoms with Gasteiger partial charge in [0.25, 0.3) is 5.56 Å². The van der Waals surface area contributed by atoms with Crippen molar-refractivity contribution < 1.29 is 9.53 Å². The third-order valence-corrected chi connectivity index (χ3v) is 4.02. The largest absolute Gasteiger partial charge is 0.496 e. The van der Waals surface area contributed by atoms with Crippen molar-refractivity contribution in [2.75, 3.05) is 7.11 Å². The van der Waals surface area contributed by atoms with Crippen LogP contribution in [0.25, 0.3) is 0 Å². The number of carbonyl (C=O) groups is 1. The van der Waals surface area contributed by atoms with Gasteiger partial charge >= 0.3 is 0 Å². The third-order valence-electron chi connectivity index (χ3n) is 4.02. The van der Waals surface area contributed by atoms with Gasteiger partial charge in [-0.15, -0.1) is 0 Å². The minimum atomic E-state index is -0.00536. The number of pyridine rings is 1. The zero-order chi connectivity index (χ0) is 14.8. The SMILES string of the molecule is COc1ccc(C=O)cc1Cn1c2c(ccc1=O)CCC2. The molecule has 0 saturated carbocycles. The van der Waals surface area contributed by atoms with Gasteiger partial charge in [0.05, 0.1) is 13.7 Å². The van der Waals surface area contributed by atoms with Crippen LogP contribution in [0.2, 0.25) is 0 Å². The van der Waals surface area contributed by atoms with Gasteiger partial charge in [0.1, 0.15) is 12.0 Å². The lowest BCUT2D eigenvalue weighted by atomic mass is 10.1. The van der Waals surface area contributed by atoms with Crippen molar-refractivity contribution in [3.05, 3.63) is 63.1 Å². The highest BCUT2D eigenvalue weighted by molar-refractivity contribution is 5.75. The van der Waals surface area contributed by atoms with E-state index >= 15 is 0 Å². The molecule has 1 aliphatic rings. The fraction of sp³-hybridized carbons (Fsp3) is 0.294. The number of hydrogen-bond acceptors (Lipinski definition) is 3. The summed E-state index contributed by atoms with van der Waals surface area (Å²) in [5.74, 6) is 0.697. The predicted octanol–water partition coefficient (Wildman–Crippen LogP) is 2.21. The molecule has 1 aliphatic carbocycles. The Bertz CT molecular complexity index is 746. The molecule has 0 N–H and O–H groups in total. The first-order chi connectivity index (χ1) is 10.2. The molecule has 0 fully saturated rings. The molecule has 0 aliphatic heterocycles. The van der Waals surface area contributed by atoms with Crippen molar-refractivity contribution >= 4 is 6.29 Å². The Morgan fingerprint density at radius 2 is 2.10 bits per heavy atom. The Kier molecular flexibility index (Phi) is 3.60. The molecular formula is C17H17NO3. The Labute approximate surface area is 123 Å². The molecule has 2 aromatic rings. The van der Waals surface area contributed by atoms with E-state index in [1.807, 2.05) is 6.07 Å². The second kappa shape index (κ2) is 5.56. The molecular weight excluding hydrogens is 266 g/mol. The Morgan fingerprint density at radius 3 is 2.86 bits per heavy atom. The molecule has 0 amide bonds. The van der Waals surface area contributed by atoms with Gasteiger partial charge in [-0.2, -0.15) is 0 Å². The molecule has 1 aromatic carbocycles. The van der Waals surface area contributed by atoms with E-state index in [-0.39, 0.29) is 5.56 Å². The van der Waals surface area contributed by atoms with Gasteiger partial charge in [-0.05, 0) is 43.0 Å². The van der Waals surface area contributed by atoms with Crippen LogP contribution in [0.4, 0.5) is 0 Å². The number of fused-ring (bicyclic) bond motifs is 1. The first-order valence-corrected chi connectivity index (χ1v) is 7.06. The summed E-state index contributed by atoms with van der Waals surface area (Å²) in [7, 11) is 1.59. The quantitative estimate of drug-likeness (QED) is 0.808. The van der Waals surface area contributed by atoms with Crippen LogP contribution in [-0.2, 0) is 19.4 Å². The monoisotopic (exact) mass is 283 g/mol. The van der Waals surface area contributed by atoms with Crippen LogP contribution in [0.3, 0.4) is 0 Å². The maximum absolute atomic E-state index is 12.2. The van der Waals surface area contributed by atoms with Crippen LogP contribution in [0, 0.1) is 0 Å². The molecule has 0 spiro atoms. The molecule has 3 rings (SSSR count). The highest BCUT2D eigenvalue weighted by Crippen LogP contribution is 2.24. The standard InChI is InChI=1S/C17H17NO3/c1-21-16-7-5-12(11-19)9-14(16)10-18-15-4-2-3-13(15)6-8-17(18)20/h5-9,11H,2-4,10H2,1H3. The number of aromatic nitrogens is 1. The molecule has 4 heteroatoms. The number of aldehydes is 1. The highest BCUT2D eigenvalue weighted by atomic mass is 16.5. The van der Waals surface area contributed by atoms with Gasteiger partial charge < -0.3 is 9.30 Å². The average molecular weight is 283 g/mol. The summed E-state index contributed by atoms with van der Waals surface area (Å²) in [6, 6.07) is 8.83. The van der Waals surface area contributed by atoms with E-state index < -0.39 is 0 Å². The van der Waals surface area contributed by atoms with E-state index in [1.165, 1.54) is 5.56 Å². The van der Waals surface area contributed by atoms with E-state index in [4.69, 9.17) is 4.74 Å². The smallest absolute Gasteiger partial charge is 0.251 e. The normalized spacial score (nSPS) is 13.0. The second-order valence-electron chi connectivity index (χ2n) is 5.27. The third kappa shape index (κ3) is 2.49. The minimum absolute atomic E-state index is 0.00536. The summed E-state index contributed by atoms with van der Waals surface area (Å²) in [6.45, 7) is 0.437. The van der Waals surface area contributed by atoms with Crippen molar-refractivity contribution in [3.8, 4) is 5.75 Å². The van der Waals surface area contributed by atoms with E-state index in [1.54, 1.807) is 35.9 Å². The molecule has 0 atom stereocenters. The molecule has 0 unspecified atom stereocenters. The van der Waals surface area contributed by atoms with Crippen molar-refractivity contribution in [2.24, 2.45) is 0 Å². The summed E-state index contributed by atoms with van der Waals surface area (Å²) >= 11 is 0. The van der Waals surface area contributed by atoms with Gasteiger partial charge in [-0.3, -0.25) is 9.59 Å². The zero-order valence-corrected chi connectivity index (χ0v) is 12.0. The molecule has 0 bridgehead atoms. The maximum atomic E-state index is 12.2. The molecule has 1 aromatic heterocycles. The van der Waals surface area contributed by atoms with Gasteiger partial charge in [0.15, 0.2) is 0 Å². The van der Waals surface area contributed by atoms with Crippen LogP contribution in [0.5, 0.6) is 5.75 Å². The molecule has 108 valence electrons. The number of nitrogens with zero attached hydrogens (tertiary/aromatic N) is 1. The molecule has 0 saturated heterocycles. The van der Waals surface area contributed by atoms with Gasteiger partial charge in [-0.1, -0.05) is 6.07 Å². The second-order valence-corrected chi connectivity index (χ2v) is 5.27. The Hall–Kier alpha value is -2.36. The van der Waals surface area contributed by atoms with Crippen molar-refractivity contribution in [3.63, 3.8) is 0 Å². The summed E-state index contributed by atoms with van der Waals surface area (Å²) in [5.41, 5.74) is 3.80. The first-order valence-electron chi connectivity index (χ1n) is 7.06. The number of hydrogen-bond donors (Lipinski definition) is 0. The number of methoxy groups -OCH3 is 1. The molecule has 4 nitrogen and oxygen atoms in total. The van der Waals surface area contributed by atoms with Crippen LogP contribution >= 0.6 is 0 Å². The summed E-state index contributed by atoms with van der Waals surface area (Å²) in [5, 5.41) is 0. The van der Waals surface area contributed by atoms with E-state index in [0.29, 0.717) is 17.9 Å². The zero-order valence-electron chi connectivity index (χ0n) is 12.0. The number of carbonyl (C=O) groups excluding carboxylic acids is 1. The topological polar surface area (TPSA) is 48.3 Å². The van der Waals surface area contributed by atoms with Crippen LogP contribution in [0.1, 0.15) is 33.6 Å². The van der Waals surface area contributed by atoms with Crippen molar-refractivity contribution in [1.82, 2.24) is 4.57 Å². The van der Waals surface area contributed by atoms with E-state index in [2.05, 4.69) is 0 Å². The van der Waals surface area contributed by atoms with Gasteiger partial charge in [0.2, 0.25) is 0 Å². The number of ether oxygens (including phenoxy) is 1. The fourth-order valence-electron chi connectivity index (χ4n) is 2.97. The summed E-state index contributed by atoms with van der Waals surface area (Å²) in [4.78, 5) is 23.1. The minimum Gasteiger partial charge on any atom is -0.496 e. The van der Waals surface area contributed by atoms with Crippen LogP contribution in [0.15, 0.2) is 35.1 Å². The van der Waals surface area contributed by atoms with Crippen LogP contribution < -0.4 is 10.3 Å². The van der Waals surface area contributed by atoms with Gasteiger partial charge in [0, 0.05) is 22.9 Å². The van der Waals surface area contributed by atoms with Crippen molar-refractivity contribution in [2.45, 2.75) is 25.8 Å². The number of benzene rings is 1. The summed E-state index contributed by atoms with van der Waals surface area (Å²) in [6.07, 6.45) is 3.85. The number of aryl methyl sites for hydroxylation is 1. The number of rotatable bonds is 4. The van der Waals surface area contributed by atoms with Crippen molar-refractivity contribution in [1.29, 1.82) is 0 Å². The first kappa shape index (κ1) is 13.6. The highest BCUT2D eigenvalue weighted by Gasteiger charge is 2.17. The lowest BCUT2D eigenvalue weighted by Gasteiger charge is -2.14. The molecule has 0 radical (unpaired) electrons. The lowest BCUT2D eigenvalue weighted by Crippen LogP contribution is -2.23.